The molecule has 2 fully saturated rings. The van der Waals surface area contributed by atoms with Crippen molar-refractivity contribution in [2.45, 2.75) is 38.5 Å². The molecular formula is C17H21F2NO2. The van der Waals surface area contributed by atoms with Gasteiger partial charge in [0.05, 0.1) is 13.0 Å². The lowest BCUT2D eigenvalue weighted by molar-refractivity contribution is -0.132. The molecule has 1 aliphatic heterocycles. The highest BCUT2D eigenvalue weighted by Crippen LogP contribution is 2.65. The van der Waals surface area contributed by atoms with Gasteiger partial charge in [0, 0.05) is 24.9 Å². The Balaban J connectivity index is 1.52. The average molecular weight is 309 g/mol. The number of amides is 1. The lowest BCUT2D eigenvalue weighted by atomic mass is 9.92. The molecule has 1 aromatic rings. The second-order valence-corrected chi connectivity index (χ2v) is 6.30. The Morgan fingerprint density at radius 2 is 1.82 bits per heavy atom. The van der Waals surface area contributed by atoms with Crippen LogP contribution >= 0.6 is 0 Å². The number of nitrogens with zero attached hydrogens (tertiary/aromatic N) is 1. The highest BCUT2D eigenvalue weighted by atomic mass is 19.3. The van der Waals surface area contributed by atoms with Gasteiger partial charge in [-0.05, 0) is 37.5 Å². The van der Waals surface area contributed by atoms with Gasteiger partial charge < -0.3 is 9.64 Å². The third kappa shape index (κ3) is 2.81. The quantitative estimate of drug-likeness (QED) is 0.854. The highest BCUT2D eigenvalue weighted by molar-refractivity contribution is 5.79. The van der Waals surface area contributed by atoms with Crippen molar-refractivity contribution in [2.24, 2.45) is 5.41 Å². The Kier molecular flexibility index (Phi) is 3.83. The third-order valence-corrected chi connectivity index (χ3v) is 4.87. The number of benzene rings is 1. The molecule has 3 nitrogen and oxygen atoms in total. The van der Waals surface area contributed by atoms with E-state index in [2.05, 4.69) is 0 Å². The maximum absolute atomic E-state index is 13.3. The molecule has 1 spiro atoms. The van der Waals surface area contributed by atoms with Gasteiger partial charge in [-0.2, -0.15) is 0 Å². The maximum Gasteiger partial charge on any atom is 0.254 e. The Hall–Kier alpha value is -1.65. The summed E-state index contributed by atoms with van der Waals surface area (Å²) >= 11 is 0. The van der Waals surface area contributed by atoms with Gasteiger partial charge in [-0.15, -0.1) is 0 Å². The van der Waals surface area contributed by atoms with Crippen molar-refractivity contribution in [3.05, 3.63) is 29.8 Å². The summed E-state index contributed by atoms with van der Waals surface area (Å²) < 4.78 is 32.0. The lowest BCUT2D eigenvalue weighted by Crippen LogP contribution is -2.41. The third-order valence-electron chi connectivity index (χ3n) is 4.87. The van der Waals surface area contributed by atoms with Crippen LogP contribution in [0.1, 0.15) is 31.7 Å². The van der Waals surface area contributed by atoms with Crippen LogP contribution in [-0.2, 0) is 11.2 Å². The Bertz CT molecular complexity index is 548. The molecule has 1 aromatic carbocycles. The van der Waals surface area contributed by atoms with Crippen molar-refractivity contribution < 1.29 is 18.3 Å². The summed E-state index contributed by atoms with van der Waals surface area (Å²) in [7, 11) is 0. The minimum absolute atomic E-state index is 0.000914. The van der Waals surface area contributed by atoms with Gasteiger partial charge in [-0.25, -0.2) is 8.78 Å². The van der Waals surface area contributed by atoms with E-state index < -0.39 is 11.3 Å². The molecule has 5 heteroatoms. The van der Waals surface area contributed by atoms with Gasteiger partial charge in [-0.3, -0.25) is 4.79 Å². The number of likely N-dealkylation sites (tertiary alicyclic amines) is 1. The first-order chi connectivity index (χ1) is 10.5. The van der Waals surface area contributed by atoms with E-state index in [1.54, 1.807) is 4.90 Å². The standard InChI is InChI=1S/C17H21F2NO2/c1-2-22-14-5-3-13(4-6-14)11-15(21)20-9-7-16(8-10-20)12-17(16,18)19/h3-6H,2,7-12H2,1H3. The lowest BCUT2D eigenvalue weighted by Gasteiger charge is -2.32. The van der Waals surface area contributed by atoms with Gasteiger partial charge in [0.1, 0.15) is 5.75 Å². The predicted molar refractivity (Wildman–Crippen MR) is 79.1 cm³/mol. The Morgan fingerprint density at radius 3 is 2.32 bits per heavy atom. The molecule has 0 atom stereocenters. The molecule has 0 aromatic heterocycles. The molecule has 120 valence electrons. The normalized spacial score (nSPS) is 21.7. The van der Waals surface area contributed by atoms with Crippen LogP contribution in [0, 0.1) is 5.41 Å². The highest BCUT2D eigenvalue weighted by Gasteiger charge is 2.70. The van der Waals surface area contributed by atoms with Crippen molar-refractivity contribution in [3.8, 4) is 5.75 Å². The smallest absolute Gasteiger partial charge is 0.254 e. The van der Waals surface area contributed by atoms with Crippen LogP contribution in [0.15, 0.2) is 24.3 Å². The summed E-state index contributed by atoms with van der Waals surface area (Å²) in [4.78, 5) is 14.0. The molecule has 0 bridgehead atoms. The van der Waals surface area contributed by atoms with Crippen molar-refractivity contribution >= 4 is 5.91 Å². The first-order valence-electron chi connectivity index (χ1n) is 7.83. The number of piperidine rings is 1. The van der Waals surface area contributed by atoms with Gasteiger partial charge in [-0.1, -0.05) is 12.1 Å². The van der Waals surface area contributed by atoms with Crippen molar-refractivity contribution in [2.75, 3.05) is 19.7 Å². The van der Waals surface area contributed by atoms with Crippen LogP contribution in [-0.4, -0.2) is 36.4 Å². The van der Waals surface area contributed by atoms with Gasteiger partial charge >= 0.3 is 0 Å². The van der Waals surface area contributed by atoms with E-state index in [0.717, 1.165) is 11.3 Å². The monoisotopic (exact) mass is 309 g/mol. The van der Waals surface area contributed by atoms with Crippen molar-refractivity contribution in [3.63, 3.8) is 0 Å². The number of carbonyl (C=O) groups excluding carboxylic acids is 1. The summed E-state index contributed by atoms with van der Waals surface area (Å²) in [6.07, 6.45) is 1.17. The molecular weight excluding hydrogens is 288 g/mol. The van der Waals surface area contributed by atoms with E-state index >= 15 is 0 Å². The molecule has 1 amide bonds. The van der Waals surface area contributed by atoms with Crippen LogP contribution in [0.25, 0.3) is 0 Å². The molecule has 3 rings (SSSR count). The summed E-state index contributed by atoms with van der Waals surface area (Å²) in [6.45, 7) is 3.43. The largest absolute Gasteiger partial charge is 0.494 e. The van der Waals surface area contributed by atoms with Crippen LogP contribution < -0.4 is 4.74 Å². The summed E-state index contributed by atoms with van der Waals surface area (Å²) in [6, 6.07) is 7.46. The summed E-state index contributed by atoms with van der Waals surface area (Å²) in [5.41, 5.74) is 0.119. The van der Waals surface area contributed by atoms with Gasteiger partial charge in [0.25, 0.3) is 5.92 Å². The van der Waals surface area contributed by atoms with Crippen LogP contribution in [0.2, 0.25) is 0 Å². The molecule has 1 aliphatic carbocycles. The SMILES string of the molecule is CCOc1ccc(CC(=O)N2CCC3(CC2)CC3(F)F)cc1. The van der Waals surface area contributed by atoms with Gasteiger partial charge in [0.15, 0.2) is 0 Å². The summed E-state index contributed by atoms with van der Waals surface area (Å²) in [5.74, 6) is -1.70. The number of hydrogen-bond acceptors (Lipinski definition) is 2. The minimum Gasteiger partial charge on any atom is -0.494 e. The Labute approximate surface area is 129 Å². The number of alkyl halides is 2. The molecule has 1 heterocycles. The second-order valence-electron chi connectivity index (χ2n) is 6.30. The molecule has 0 N–H and O–H groups in total. The number of halogens is 2. The fourth-order valence-corrected chi connectivity index (χ4v) is 3.26. The van der Waals surface area contributed by atoms with E-state index in [4.69, 9.17) is 4.74 Å². The van der Waals surface area contributed by atoms with Crippen molar-refractivity contribution in [1.82, 2.24) is 4.90 Å². The van der Waals surface area contributed by atoms with E-state index in [1.807, 2.05) is 31.2 Å². The fraction of sp³-hybridized carbons (Fsp3) is 0.588. The molecule has 2 aliphatic rings. The average Bonchev–Trinajstić information content (AvgIpc) is 3.02. The van der Waals surface area contributed by atoms with E-state index in [0.29, 0.717) is 39.0 Å². The Morgan fingerprint density at radius 1 is 1.23 bits per heavy atom. The molecule has 1 saturated heterocycles. The van der Waals surface area contributed by atoms with Crippen LogP contribution in [0.3, 0.4) is 0 Å². The number of rotatable bonds is 4. The van der Waals surface area contributed by atoms with Crippen molar-refractivity contribution in [1.29, 1.82) is 0 Å². The predicted octanol–water partition coefficient (Wildman–Crippen LogP) is 3.28. The molecule has 0 unspecified atom stereocenters. The number of carbonyl (C=O) groups is 1. The zero-order chi connectivity index (χ0) is 15.8. The van der Waals surface area contributed by atoms with E-state index in [9.17, 15) is 13.6 Å². The van der Waals surface area contributed by atoms with Gasteiger partial charge in [0.2, 0.25) is 5.91 Å². The number of hydrogen-bond donors (Lipinski definition) is 0. The van der Waals surface area contributed by atoms with Crippen LogP contribution in [0.5, 0.6) is 5.75 Å². The maximum atomic E-state index is 13.3. The first-order valence-corrected chi connectivity index (χ1v) is 7.83. The molecule has 22 heavy (non-hydrogen) atoms. The first kappa shape index (κ1) is 15.3. The zero-order valence-electron chi connectivity index (χ0n) is 12.8. The topological polar surface area (TPSA) is 29.5 Å². The minimum atomic E-state index is -2.50. The second kappa shape index (κ2) is 5.52. The van der Waals surface area contributed by atoms with E-state index in [1.165, 1.54) is 0 Å². The molecule has 1 saturated carbocycles. The van der Waals surface area contributed by atoms with E-state index in [-0.39, 0.29) is 12.3 Å². The zero-order valence-corrected chi connectivity index (χ0v) is 12.8. The van der Waals surface area contributed by atoms with Crippen LogP contribution in [0.4, 0.5) is 8.78 Å². The summed E-state index contributed by atoms with van der Waals surface area (Å²) in [5, 5.41) is 0. The fourth-order valence-electron chi connectivity index (χ4n) is 3.26. The molecule has 0 radical (unpaired) electrons. The number of ether oxygens (including phenoxy) is 1.